The van der Waals surface area contributed by atoms with Crippen LogP contribution in [0.1, 0.15) is 25.6 Å². The average Bonchev–Trinajstić information content (AvgIpc) is 3.06. The van der Waals surface area contributed by atoms with E-state index in [9.17, 15) is 9.59 Å². The van der Waals surface area contributed by atoms with Crippen LogP contribution in [-0.4, -0.2) is 44.1 Å². The first-order chi connectivity index (χ1) is 9.69. The molecule has 1 saturated heterocycles. The second kappa shape index (κ2) is 5.24. The van der Waals surface area contributed by atoms with Crippen molar-refractivity contribution in [2.45, 2.75) is 32.7 Å². The Labute approximate surface area is 115 Å². The number of aromatic nitrogens is 4. The summed E-state index contributed by atoms with van der Waals surface area (Å²) in [7, 11) is 0. The Morgan fingerprint density at radius 2 is 1.95 bits per heavy atom. The van der Waals surface area contributed by atoms with Gasteiger partial charge in [-0.2, -0.15) is 0 Å². The van der Waals surface area contributed by atoms with Crippen LogP contribution in [0.15, 0.2) is 9.59 Å². The number of rotatable bonds is 4. The van der Waals surface area contributed by atoms with Crippen molar-refractivity contribution < 1.29 is 0 Å². The van der Waals surface area contributed by atoms with Crippen molar-refractivity contribution in [3.05, 3.63) is 26.7 Å². The van der Waals surface area contributed by atoms with E-state index < -0.39 is 11.2 Å². The van der Waals surface area contributed by atoms with Crippen molar-refractivity contribution in [3.8, 4) is 0 Å². The lowest BCUT2D eigenvalue weighted by molar-refractivity contribution is 0.341. The summed E-state index contributed by atoms with van der Waals surface area (Å²) in [5, 5.41) is 0. The van der Waals surface area contributed by atoms with Crippen LogP contribution in [0.25, 0.3) is 11.2 Å². The van der Waals surface area contributed by atoms with Crippen LogP contribution in [0.5, 0.6) is 0 Å². The molecule has 20 heavy (non-hydrogen) atoms. The zero-order valence-corrected chi connectivity index (χ0v) is 11.6. The molecule has 108 valence electrons. The van der Waals surface area contributed by atoms with Gasteiger partial charge in [-0.1, -0.05) is 0 Å². The van der Waals surface area contributed by atoms with Crippen LogP contribution in [0.2, 0.25) is 0 Å². The zero-order chi connectivity index (χ0) is 14.1. The maximum Gasteiger partial charge on any atom is 0.330 e. The maximum absolute atomic E-state index is 11.8. The van der Waals surface area contributed by atoms with Gasteiger partial charge in [-0.15, -0.1) is 0 Å². The molecule has 7 nitrogen and oxygen atoms in total. The third-order valence-corrected chi connectivity index (χ3v) is 3.86. The number of imidazole rings is 1. The third kappa shape index (κ3) is 2.29. The first kappa shape index (κ1) is 13.1. The Balaban J connectivity index is 1.91. The summed E-state index contributed by atoms with van der Waals surface area (Å²) in [6.45, 7) is 5.56. The minimum absolute atomic E-state index is 0.392. The van der Waals surface area contributed by atoms with E-state index in [0.717, 1.165) is 31.9 Å². The quantitative estimate of drug-likeness (QED) is 0.828. The monoisotopic (exact) mass is 277 g/mol. The van der Waals surface area contributed by atoms with Crippen LogP contribution in [-0.2, 0) is 13.0 Å². The fourth-order valence-corrected chi connectivity index (χ4v) is 2.77. The lowest BCUT2D eigenvalue weighted by atomic mass is 10.4. The molecule has 2 aromatic heterocycles. The van der Waals surface area contributed by atoms with Gasteiger partial charge in [0.15, 0.2) is 5.65 Å². The summed E-state index contributed by atoms with van der Waals surface area (Å²) in [6, 6.07) is 0. The fourth-order valence-electron chi connectivity index (χ4n) is 2.77. The van der Waals surface area contributed by atoms with Crippen molar-refractivity contribution in [2.24, 2.45) is 0 Å². The molecule has 0 aliphatic carbocycles. The average molecular weight is 277 g/mol. The van der Waals surface area contributed by atoms with Crippen LogP contribution in [0.3, 0.4) is 0 Å². The van der Waals surface area contributed by atoms with Gasteiger partial charge in [0.25, 0.3) is 5.56 Å². The smallest absolute Gasteiger partial charge is 0.330 e. The van der Waals surface area contributed by atoms with E-state index in [1.807, 2.05) is 6.92 Å². The van der Waals surface area contributed by atoms with Crippen LogP contribution in [0.4, 0.5) is 0 Å². The molecular formula is C13H19N5O2. The second-order valence-electron chi connectivity index (χ2n) is 5.18. The van der Waals surface area contributed by atoms with Crippen molar-refractivity contribution in [1.29, 1.82) is 0 Å². The molecule has 1 aliphatic rings. The minimum atomic E-state index is -0.400. The predicted molar refractivity (Wildman–Crippen MR) is 76.0 cm³/mol. The number of nitrogens with one attached hydrogen (secondary N) is 2. The van der Waals surface area contributed by atoms with Gasteiger partial charge in [-0.3, -0.25) is 14.3 Å². The number of nitrogens with zero attached hydrogens (tertiary/aromatic N) is 3. The standard InChI is InChI=1S/C13H19N5O2/c1-2-18-11-10(12(19)16-13(18)20)14-9(15-11)5-8-17-6-3-4-7-17/h2-8H2,1H3,(H,14,15)(H,16,19,20). The lowest BCUT2D eigenvalue weighted by Gasteiger charge is -2.12. The van der Waals surface area contributed by atoms with Gasteiger partial charge in [0.2, 0.25) is 0 Å². The van der Waals surface area contributed by atoms with Crippen molar-refractivity contribution in [2.75, 3.05) is 19.6 Å². The number of likely N-dealkylation sites (tertiary alicyclic amines) is 1. The summed E-state index contributed by atoms with van der Waals surface area (Å²) >= 11 is 0. The Morgan fingerprint density at radius 1 is 1.20 bits per heavy atom. The van der Waals surface area contributed by atoms with Crippen LogP contribution >= 0.6 is 0 Å². The highest BCUT2D eigenvalue weighted by atomic mass is 16.2. The first-order valence-electron chi connectivity index (χ1n) is 7.13. The molecule has 2 N–H and O–H groups in total. The Kier molecular flexibility index (Phi) is 3.43. The highest BCUT2D eigenvalue weighted by Crippen LogP contribution is 2.10. The van der Waals surface area contributed by atoms with Crippen LogP contribution in [0, 0.1) is 0 Å². The van der Waals surface area contributed by atoms with Gasteiger partial charge >= 0.3 is 5.69 Å². The summed E-state index contributed by atoms with van der Waals surface area (Å²) in [5.41, 5.74) is 0.0535. The molecule has 0 radical (unpaired) electrons. The SMILES string of the molecule is CCn1c(=O)[nH]c(=O)c2[nH]c(CCN3CCCC3)nc21. The number of hydrogen-bond donors (Lipinski definition) is 2. The van der Waals surface area contributed by atoms with Gasteiger partial charge in [0.05, 0.1) is 0 Å². The van der Waals surface area contributed by atoms with E-state index >= 15 is 0 Å². The number of fused-ring (bicyclic) bond motifs is 1. The first-order valence-corrected chi connectivity index (χ1v) is 7.13. The molecule has 7 heteroatoms. The molecule has 0 amide bonds. The summed E-state index contributed by atoms with van der Waals surface area (Å²) in [6.07, 6.45) is 3.29. The van der Waals surface area contributed by atoms with E-state index in [4.69, 9.17) is 0 Å². The topological polar surface area (TPSA) is 86.8 Å². The molecule has 0 bridgehead atoms. The van der Waals surface area contributed by atoms with Crippen molar-refractivity contribution in [3.63, 3.8) is 0 Å². The van der Waals surface area contributed by atoms with Gasteiger partial charge < -0.3 is 9.88 Å². The zero-order valence-electron chi connectivity index (χ0n) is 11.6. The largest absolute Gasteiger partial charge is 0.336 e. The molecule has 0 aromatic carbocycles. The summed E-state index contributed by atoms with van der Waals surface area (Å²) in [5.74, 6) is 0.769. The van der Waals surface area contributed by atoms with E-state index in [0.29, 0.717) is 17.7 Å². The van der Waals surface area contributed by atoms with E-state index in [1.54, 1.807) is 0 Å². The number of hydrogen-bond acceptors (Lipinski definition) is 4. The normalized spacial score (nSPS) is 16.2. The Morgan fingerprint density at radius 3 is 2.65 bits per heavy atom. The Bertz CT molecular complexity index is 720. The molecule has 0 atom stereocenters. The van der Waals surface area contributed by atoms with Gasteiger partial charge in [-0.05, 0) is 32.9 Å². The molecule has 3 rings (SSSR count). The molecule has 3 heterocycles. The molecule has 0 unspecified atom stereocenters. The van der Waals surface area contributed by atoms with Crippen molar-refractivity contribution >= 4 is 11.2 Å². The predicted octanol–water partition coefficient (Wildman–Crippen LogP) is 0.0711. The summed E-state index contributed by atoms with van der Waals surface area (Å²) in [4.78, 5) is 35.7. The highest BCUT2D eigenvalue weighted by molar-refractivity contribution is 5.69. The van der Waals surface area contributed by atoms with Crippen molar-refractivity contribution in [1.82, 2.24) is 24.4 Å². The minimum Gasteiger partial charge on any atom is -0.336 e. The lowest BCUT2D eigenvalue weighted by Crippen LogP contribution is -2.29. The molecular weight excluding hydrogens is 258 g/mol. The highest BCUT2D eigenvalue weighted by Gasteiger charge is 2.14. The molecule has 1 fully saturated rings. The number of aromatic amines is 2. The van der Waals surface area contributed by atoms with E-state index in [2.05, 4.69) is 19.9 Å². The number of aryl methyl sites for hydroxylation is 1. The molecule has 0 saturated carbocycles. The fraction of sp³-hybridized carbons (Fsp3) is 0.615. The van der Waals surface area contributed by atoms with Gasteiger partial charge in [0, 0.05) is 19.5 Å². The van der Waals surface area contributed by atoms with Gasteiger partial charge in [0.1, 0.15) is 11.3 Å². The number of H-pyrrole nitrogens is 2. The van der Waals surface area contributed by atoms with Crippen LogP contribution < -0.4 is 11.2 Å². The molecule has 2 aromatic rings. The molecule has 0 spiro atoms. The van der Waals surface area contributed by atoms with E-state index in [1.165, 1.54) is 17.4 Å². The van der Waals surface area contributed by atoms with E-state index in [-0.39, 0.29) is 0 Å². The Hall–Kier alpha value is -1.89. The molecule has 1 aliphatic heterocycles. The summed E-state index contributed by atoms with van der Waals surface area (Å²) < 4.78 is 1.48. The second-order valence-corrected chi connectivity index (χ2v) is 5.18. The van der Waals surface area contributed by atoms with Gasteiger partial charge in [-0.25, -0.2) is 9.78 Å². The third-order valence-electron chi connectivity index (χ3n) is 3.86. The maximum atomic E-state index is 11.8.